The molecule has 1 atom stereocenters. The number of hydrogen-bond acceptors (Lipinski definition) is 2. The van der Waals surface area contributed by atoms with Crippen molar-refractivity contribution >= 4 is 28.4 Å². The number of benzene rings is 8. The molecule has 0 N–H and O–H groups in total. The lowest BCUT2D eigenvalue weighted by atomic mass is 9.86. The van der Waals surface area contributed by atoms with Crippen molar-refractivity contribution in [2.45, 2.75) is 19.3 Å². The summed E-state index contributed by atoms with van der Waals surface area (Å²) in [5.41, 5.74) is 17.9. The number of allylic oxidation sites excluding steroid dienone is 7. The molecule has 0 aliphatic heterocycles. The summed E-state index contributed by atoms with van der Waals surface area (Å²) < 4.78 is 0. The fourth-order valence-corrected chi connectivity index (χ4v) is 8.78. The molecule has 2 nitrogen and oxygen atoms in total. The van der Waals surface area contributed by atoms with Crippen LogP contribution in [0.2, 0.25) is 0 Å². The Balaban J connectivity index is 0.945. The molecule has 0 spiro atoms. The number of nitrogens with zero attached hydrogens (tertiary/aromatic N) is 2. The Morgan fingerprint density at radius 2 is 0.694 bits per heavy atom. The highest BCUT2D eigenvalue weighted by Gasteiger charge is 2.20. The van der Waals surface area contributed by atoms with Gasteiger partial charge in [0.15, 0.2) is 0 Å². The van der Waals surface area contributed by atoms with Crippen LogP contribution in [-0.4, -0.2) is 0 Å². The van der Waals surface area contributed by atoms with Gasteiger partial charge in [-0.3, -0.25) is 0 Å². The van der Waals surface area contributed by atoms with Crippen molar-refractivity contribution < 1.29 is 0 Å². The maximum atomic E-state index is 2.41. The maximum absolute atomic E-state index is 2.41. The molecule has 0 saturated carbocycles. The Kier molecular flexibility index (Phi) is 11.1. The fraction of sp³-hybridized carbons (Fsp3) is 0.0667. The van der Waals surface area contributed by atoms with Gasteiger partial charge in [0.2, 0.25) is 0 Å². The molecule has 2 aliphatic carbocycles. The van der Waals surface area contributed by atoms with E-state index in [0.717, 1.165) is 47.7 Å². The van der Waals surface area contributed by atoms with E-state index in [1.807, 2.05) is 0 Å². The fourth-order valence-electron chi connectivity index (χ4n) is 8.78. The summed E-state index contributed by atoms with van der Waals surface area (Å²) in [4.78, 5) is 4.74. The number of hydrogen-bond donors (Lipinski definition) is 0. The van der Waals surface area contributed by atoms with Crippen molar-refractivity contribution in [3.05, 3.63) is 260 Å². The third-order valence-electron chi connectivity index (χ3n) is 12.1. The van der Waals surface area contributed by atoms with Gasteiger partial charge in [-0.15, -0.1) is 0 Å². The van der Waals surface area contributed by atoms with Gasteiger partial charge < -0.3 is 9.80 Å². The smallest absolute Gasteiger partial charge is 0.0462 e. The van der Waals surface area contributed by atoms with Crippen LogP contribution in [0.3, 0.4) is 0 Å². The number of anilines is 5. The zero-order chi connectivity index (χ0) is 41.5. The molecule has 0 bridgehead atoms. The molecular weight excluding hydrogens is 749 g/mol. The van der Waals surface area contributed by atoms with Gasteiger partial charge in [0, 0.05) is 40.1 Å². The molecule has 8 aromatic rings. The van der Waals surface area contributed by atoms with E-state index in [4.69, 9.17) is 0 Å². The first-order valence-corrected chi connectivity index (χ1v) is 21.7. The van der Waals surface area contributed by atoms with Crippen molar-refractivity contribution in [2.24, 2.45) is 5.92 Å². The normalized spacial score (nSPS) is 14.5. The summed E-state index contributed by atoms with van der Waals surface area (Å²) in [6.45, 7) is 0. The summed E-state index contributed by atoms with van der Waals surface area (Å²) in [6, 6.07) is 76.5. The van der Waals surface area contributed by atoms with Crippen LogP contribution in [0.4, 0.5) is 28.4 Å². The Labute approximate surface area is 366 Å². The van der Waals surface area contributed by atoms with Gasteiger partial charge in [-0.05, 0) is 131 Å². The highest BCUT2D eigenvalue weighted by molar-refractivity contribution is 5.82. The van der Waals surface area contributed by atoms with Crippen molar-refractivity contribution in [3.8, 4) is 44.5 Å². The Morgan fingerprint density at radius 3 is 1.00 bits per heavy atom. The topological polar surface area (TPSA) is 6.48 Å². The van der Waals surface area contributed by atoms with Gasteiger partial charge in [0.1, 0.15) is 0 Å². The van der Waals surface area contributed by atoms with Gasteiger partial charge >= 0.3 is 0 Å². The van der Waals surface area contributed by atoms with Gasteiger partial charge in [-0.25, -0.2) is 0 Å². The summed E-state index contributed by atoms with van der Waals surface area (Å²) in [7, 11) is 0. The van der Waals surface area contributed by atoms with Gasteiger partial charge in [-0.1, -0.05) is 188 Å². The highest BCUT2D eigenvalue weighted by atomic mass is 15.1. The van der Waals surface area contributed by atoms with Gasteiger partial charge in [-0.2, -0.15) is 0 Å². The second kappa shape index (κ2) is 17.9. The van der Waals surface area contributed by atoms with Gasteiger partial charge in [0.05, 0.1) is 0 Å². The summed E-state index contributed by atoms with van der Waals surface area (Å²) >= 11 is 0. The van der Waals surface area contributed by atoms with E-state index in [2.05, 4.69) is 259 Å². The second-order valence-electron chi connectivity index (χ2n) is 16.0. The molecule has 0 radical (unpaired) electrons. The molecule has 0 fully saturated rings. The minimum absolute atomic E-state index is 0.453. The van der Waals surface area contributed by atoms with E-state index >= 15 is 0 Å². The molecule has 10 rings (SSSR count). The van der Waals surface area contributed by atoms with Crippen molar-refractivity contribution in [1.82, 2.24) is 0 Å². The van der Waals surface area contributed by atoms with Crippen LogP contribution in [-0.2, 0) is 0 Å². The minimum atomic E-state index is 0.453. The van der Waals surface area contributed by atoms with E-state index < -0.39 is 0 Å². The molecule has 0 aromatic heterocycles. The molecular formula is C60H48N2. The van der Waals surface area contributed by atoms with Crippen LogP contribution in [0.15, 0.2) is 260 Å². The lowest BCUT2D eigenvalue weighted by Crippen LogP contribution is -2.18. The summed E-state index contributed by atoms with van der Waals surface area (Å²) in [5, 5.41) is 0. The number of rotatable bonds is 11. The van der Waals surface area contributed by atoms with Crippen LogP contribution in [0.5, 0.6) is 0 Å². The molecule has 62 heavy (non-hydrogen) atoms. The molecule has 0 saturated heterocycles. The molecule has 0 amide bonds. The van der Waals surface area contributed by atoms with Crippen LogP contribution in [0, 0.1) is 5.92 Å². The first-order chi connectivity index (χ1) is 30.7. The average Bonchev–Trinajstić information content (AvgIpc) is 3.36. The summed E-state index contributed by atoms with van der Waals surface area (Å²) in [5.74, 6) is 0.453. The maximum Gasteiger partial charge on any atom is 0.0462 e. The monoisotopic (exact) mass is 796 g/mol. The van der Waals surface area contributed by atoms with E-state index in [1.165, 1.54) is 55.8 Å². The molecule has 0 heterocycles. The summed E-state index contributed by atoms with van der Waals surface area (Å²) in [6.07, 6.45) is 17.2. The zero-order valence-corrected chi connectivity index (χ0v) is 34.8. The predicted octanol–water partition coefficient (Wildman–Crippen LogP) is 16.7. The first-order valence-electron chi connectivity index (χ1n) is 21.7. The largest absolute Gasteiger partial charge is 0.311 e. The van der Waals surface area contributed by atoms with Gasteiger partial charge in [0.25, 0.3) is 0 Å². The zero-order valence-electron chi connectivity index (χ0n) is 34.8. The molecule has 8 aromatic carbocycles. The third-order valence-corrected chi connectivity index (χ3v) is 12.1. The standard InChI is InChI=1S/C60H48N2/c1-5-13-45(14-6-1)49-21-33-55(34-22-49)61(56-35-23-50(24-36-56)46-15-7-2-8-16-46)59-41-29-53(30-42-59)54-31-43-60(44-32-54)62(57-37-25-51(26-38-57)47-17-9-3-10-18-47)58-39-27-52(28-40-58)48-19-11-4-12-20-48/h1-11,13-19,21-27,29-44,52H,12,20,28H2. The first kappa shape index (κ1) is 38.5. The molecule has 2 aliphatic rings. The average molecular weight is 797 g/mol. The Bertz CT molecular complexity index is 2770. The van der Waals surface area contributed by atoms with Crippen molar-refractivity contribution in [2.75, 3.05) is 9.80 Å². The van der Waals surface area contributed by atoms with E-state index in [0.29, 0.717) is 5.92 Å². The van der Waals surface area contributed by atoms with Crippen LogP contribution in [0.1, 0.15) is 19.3 Å². The third kappa shape index (κ3) is 8.37. The Morgan fingerprint density at radius 1 is 0.355 bits per heavy atom. The van der Waals surface area contributed by atoms with Crippen molar-refractivity contribution in [1.29, 1.82) is 0 Å². The second-order valence-corrected chi connectivity index (χ2v) is 16.0. The van der Waals surface area contributed by atoms with E-state index in [1.54, 1.807) is 0 Å². The van der Waals surface area contributed by atoms with Crippen LogP contribution < -0.4 is 9.80 Å². The lowest BCUT2D eigenvalue weighted by molar-refractivity contribution is 0.706. The predicted molar refractivity (Wildman–Crippen MR) is 263 cm³/mol. The highest BCUT2D eigenvalue weighted by Crippen LogP contribution is 2.40. The van der Waals surface area contributed by atoms with Crippen LogP contribution in [0.25, 0.3) is 44.5 Å². The quantitative estimate of drug-likeness (QED) is 0.129. The Hall–Kier alpha value is -7.68. The molecule has 1 unspecified atom stereocenters. The van der Waals surface area contributed by atoms with Crippen LogP contribution >= 0.6 is 0 Å². The van der Waals surface area contributed by atoms with E-state index in [-0.39, 0.29) is 0 Å². The SMILES string of the molecule is C1=CCCC(C2C=CC(N(c3ccc(-c4ccccc4)cc3)c3ccc(-c4ccc(N(c5ccc(-c6ccccc6)cc5)c5ccc(-c6ccccc6)cc5)cc4)cc3)=CC2)=C1. The lowest BCUT2D eigenvalue weighted by Gasteiger charge is -2.30. The minimum Gasteiger partial charge on any atom is -0.311 e. The molecule has 2 heteroatoms. The molecule has 298 valence electrons. The van der Waals surface area contributed by atoms with E-state index in [9.17, 15) is 0 Å². The van der Waals surface area contributed by atoms with Crippen molar-refractivity contribution in [3.63, 3.8) is 0 Å².